The average molecular weight is 233 g/mol. The summed E-state index contributed by atoms with van der Waals surface area (Å²) in [5, 5.41) is 17.4. The highest BCUT2D eigenvalue weighted by Crippen LogP contribution is 2.28. The lowest BCUT2D eigenvalue weighted by Crippen LogP contribution is -2.30. The molecule has 17 heavy (non-hydrogen) atoms. The lowest BCUT2D eigenvalue weighted by molar-refractivity contribution is 0.0839. The average Bonchev–Trinajstić information content (AvgIpc) is 2.61. The van der Waals surface area contributed by atoms with Crippen molar-refractivity contribution in [3.8, 4) is 0 Å². The molecule has 2 rings (SSSR count). The topological polar surface area (TPSA) is 60.2 Å². The van der Waals surface area contributed by atoms with Crippen LogP contribution in [-0.4, -0.2) is 35.0 Å². The molecule has 92 valence electrons. The molecule has 1 unspecified atom stereocenters. The fraction of sp³-hybridized carbons (Fsp3) is 0.538. The number of pyridine rings is 1. The van der Waals surface area contributed by atoms with Crippen LogP contribution < -0.4 is 4.90 Å². The summed E-state index contributed by atoms with van der Waals surface area (Å²) in [6.45, 7) is 7.21. The van der Waals surface area contributed by atoms with Gasteiger partial charge in [-0.3, -0.25) is 0 Å². The predicted molar refractivity (Wildman–Crippen MR) is 69.1 cm³/mol. The Morgan fingerprint density at radius 2 is 2.24 bits per heavy atom. The van der Waals surface area contributed by atoms with E-state index in [0.29, 0.717) is 6.54 Å². The lowest BCUT2D eigenvalue weighted by Gasteiger charge is -2.22. The number of aromatic nitrogens is 1. The number of hydrogen-bond acceptors (Lipinski definition) is 4. The summed E-state index contributed by atoms with van der Waals surface area (Å²) in [6.07, 6.45) is 2.13. The van der Waals surface area contributed by atoms with Crippen LogP contribution in [0.4, 0.5) is 5.82 Å². The SMILES string of the molecule is Cc1cc(C=N)c(C)c(N2CCC(C)(O)C2)n1. The molecular weight excluding hydrogens is 214 g/mol. The van der Waals surface area contributed by atoms with Crippen molar-refractivity contribution in [2.24, 2.45) is 0 Å². The zero-order valence-corrected chi connectivity index (χ0v) is 10.6. The van der Waals surface area contributed by atoms with Crippen LogP contribution in [0.1, 0.15) is 30.2 Å². The van der Waals surface area contributed by atoms with E-state index in [1.54, 1.807) is 0 Å². The van der Waals surface area contributed by atoms with Crippen molar-refractivity contribution in [3.05, 3.63) is 22.9 Å². The third-order valence-corrected chi connectivity index (χ3v) is 3.32. The first-order valence-electron chi connectivity index (χ1n) is 5.89. The van der Waals surface area contributed by atoms with Gasteiger partial charge in [-0.1, -0.05) is 0 Å². The first-order valence-corrected chi connectivity index (χ1v) is 5.89. The molecule has 1 atom stereocenters. The Balaban J connectivity index is 2.39. The fourth-order valence-corrected chi connectivity index (χ4v) is 2.33. The Labute approximate surface area is 102 Å². The van der Waals surface area contributed by atoms with Gasteiger partial charge in [0.25, 0.3) is 0 Å². The summed E-state index contributed by atoms with van der Waals surface area (Å²) >= 11 is 0. The van der Waals surface area contributed by atoms with Gasteiger partial charge in [0, 0.05) is 36.1 Å². The van der Waals surface area contributed by atoms with Crippen molar-refractivity contribution < 1.29 is 5.11 Å². The maximum absolute atomic E-state index is 10.00. The summed E-state index contributed by atoms with van der Waals surface area (Å²) in [5.74, 6) is 0.904. The van der Waals surface area contributed by atoms with E-state index in [1.165, 1.54) is 6.21 Å². The second-order valence-corrected chi connectivity index (χ2v) is 5.11. The van der Waals surface area contributed by atoms with Crippen LogP contribution >= 0.6 is 0 Å². The van der Waals surface area contributed by atoms with Gasteiger partial charge in [0.15, 0.2) is 0 Å². The third-order valence-electron chi connectivity index (χ3n) is 3.32. The zero-order valence-electron chi connectivity index (χ0n) is 10.6. The Morgan fingerprint density at radius 3 is 2.76 bits per heavy atom. The number of β-amino-alcohol motifs (C(OH)–C–C–N with tert-alkyl or cyclic N) is 1. The van der Waals surface area contributed by atoms with E-state index < -0.39 is 5.60 Å². The van der Waals surface area contributed by atoms with E-state index in [1.807, 2.05) is 26.8 Å². The van der Waals surface area contributed by atoms with E-state index in [4.69, 9.17) is 5.41 Å². The molecule has 1 aromatic heterocycles. The van der Waals surface area contributed by atoms with Crippen molar-refractivity contribution >= 4 is 12.0 Å². The van der Waals surface area contributed by atoms with Gasteiger partial charge in [0.05, 0.1) is 5.60 Å². The molecule has 2 heterocycles. The van der Waals surface area contributed by atoms with E-state index in [9.17, 15) is 5.11 Å². The van der Waals surface area contributed by atoms with Crippen molar-refractivity contribution in [1.82, 2.24) is 4.98 Å². The summed E-state index contributed by atoms with van der Waals surface area (Å²) in [4.78, 5) is 6.65. The fourth-order valence-electron chi connectivity index (χ4n) is 2.33. The first kappa shape index (κ1) is 12.0. The van der Waals surface area contributed by atoms with Crippen LogP contribution in [0, 0.1) is 19.3 Å². The second-order valence-electron chi connectivity index (χ2n) is 5.11. The molecule has 1 aliphatic heterocycles. The molecule has 4 nitrogen and oxygen atoms in total. The van der Waals surface area contributed by atoms with Gasteiger partial charge >= 0.3 is 0 Å². The van der Waals surface area contributed by atoms with Gasteiger partial charge in [-0.25, -0.2) is 4.98 Å². The highest BCUT2D eigenvalue weighted by Gasteiger charge is 2.32. The molecule has 0 bridgehead atoms. The predicted octanol–water partition coefficient (Wildman–Crippen LogP) is 1.66. The van der Waals surface area contributed by atoms with Gasteiger partial charge in [0.2, 0.25) is 0 Å². The number of nitrogens with zero attached hydrogens (tertiary/aromatic N) is 2. The third kappa shape index (κ3) is 2.31. The van der Waals surface area contributed by atoms with Crippen molar-refractivity contribution in [2.45, 2.75) is 32.8 Å². The minimum Gasteiger partial charge on any atom is -0.388 e. The number of nitrogens with one attached hydrogen (secondary N) is 1. The molecule has 2 N–H and O–H groups in total. The summed E-state index contributed by atoms with van der Waals surface area (Å²) in [7, 11) is 0. The summed E-state index contributed by atoms with van der Waals surface area (Å²) in [6, 6.07) is 1.92. The van der Waals surface area contributed by atoms with Crippen LogP contribution in [0.3, 0.4) is 0 Å². The molecule has 0 spiro atoms. The standard InChI is InChI=1S/C13H19N3O/c1-9-6-11(7-14)10(2)12(15-9)16-5-4-13(3,17)8-16/h6-7,14,17H,4-5,8H2,1-3H3. The first-order chi connectivity index (χ1) is 7.93. The molecular formula is C13H19N3O. The molecule has 4 heteroatoms. The van der Waals surface area contributed by atoms with Crippen molar-refractivity contribution in [2.75, 3.05) is 18.0 Å². The Morgan fingerprint density at radius 1 is 1.53 bits per heavy atom. The van der Waals surface area contributed by atoms with Gasteiger partial charge < -0.3 is 15.4 Å². The number of hydrogen-bond donors (Lipinski definition) is 2. The molecule has 0 aromatic carbocycles. The highest BCUT2D eigenvalue weighted by molar-refractivity contribution is 5.81. The van der Waals surface area contributed by atoms with E-state index in [-0.39, 0.29) is 0 Å². The van der Waals surface area contributed by atoms with Gasteiger partial charge in [-0.05, 0) is 33.3 Å². The van der Waals surface area contributed by atoms with Crippen LogP contribution in [0.15, 0.2) is 6.07 Å². The molecule has 0 aliphatic carbocycles. The quantitative estimate of drug-likeness (QED) is 0.764. The molecule has 0 amide bonds. The maximum atomic E-state index is 10.00. The molecule has 1 fully saturated rings. The second kappa shape index (κ2) is 4.11. The number of aliphatic hydroxyl groups is 1. The molecule has 1 aliphatic rings. The van der Waals surface area contributed by atoms with Gasteiger partial charge in [-0.15, -0.1) is 0 Å². The smallest absolute Gasteiger partial charge is 0.132 e. The lowest BCUT2D eigenvalue weighted by atomic mass is 10.1. The molecule has 0 saturated carbocycles. The van der Waals surface area contributed by atoms with Crippen LogP contribution in [-0.2, 0) is 0 Å². The Bertz CT molecular complexity index is 454. The molecule has 1 saturated heterocycles. The zero-order chi connectivity index (χ0) is 12.6. The van der Waals surface area contributed by atoms with Gasteiger partial charge in [-0.2, -0.15) is 0 Å². The number of rotatable bonds is 2. The largest absolute Gasteiger partial charge is 0.388 e. The van der Waals surface area contributed by atoms with E-state index in [2.05, 4.69) is 9.88 Å². The van der Waals surface area contributed by atoms with E-state index in [0.717, 1.165) is 35.6 Å². The summed E-state index contributed by atoms with van der Waals surface area (Å²) in [5.41, 5.74) is 2.21. The number of aryl methyl sites for hydroxylation is 1. The maximum Gasteiger partial charge on any atom is 0.132 e. The molecule has 1 aromatic rings. The van der Waals surface area contributed by atoms with Crippen molar-refractivity contribution in [1.29, 1.82) is 5.41 Å². The van der Waals surface area contributed by atoms with Crippen molar-refractivity contribution in [3.63, 3.8) is 0 Å². The molecule has 0 radical (unpaired) electrons. The van der Waals surface area contributed by atoms with Gasteiger partial charge in [0.1, 0.15) is 5.82 Å². The van der Waals surface area contributed by atoms with Crippen LogP contribution in [0.2, 0.25) is 0 Å². The monoisotopic (exact) mass is 233 g/mol. The van der Waals surface area contributed by atoms with Crippen LogP contribution in [0.25, 0.3) is 0 Å². The normalized spacial score (nSPS) is 24.1. The highest BCUT2D eigenvalue weighted by atomic mass is 16.3. The Kier molecular flexibility index (Phi) is 2.91. The van der Waals surface area contributed by atoms with E-state index >= 15 is 0 Å². The minimum absolute atomic E-state index is 0.613. The number of anilines is 1. The minimum atomic E-state index is -0.622. The summed E-state index contributed by atoms with van der Waals surface area (Å²) < 4.78 is 0. The van der Waals surface area contributed by atoms with Crippen LogP contribution in [0.5, 0.6) is 0 Å². The Hall–Kier alpha value is -1.42.